The maximum atomic E-state index is 12.4. The third-order valence-electron chi connectivity index (χ3n) is 5.21. The molecule has 0 radical (unpaired) electrons. The molecule has 4 aromatic rings. The summed E-state index contributed by atoms with van der Waals surface area (Å²) < 4.78 is 2.31. The van der Waals surface area contributed by atoms with Gasteiger partial charge in [0.1, 0.15) is 5.82 Å². The molecule has 3 heterocycles. The molecule has 9 heteroatoms. The highest BCUT2D eigenvalue weighted by atomic mass is 32.2. The number of hydrogen-bond donors (Lipinski definition) is 0. The molecular formula is C23H23N5OS3. The van der Waals surface area contributed by atoms with Crippen LogP contribution in [-0.4, -0.2) is 25.7 Å². The van der Waals surface area contributed by atoms with Crippen molar-refractivity contribution in [2.24, 2.45) is 0 Å². The van der Waals surface area contributed by atoms with E-state index in [1.54, 1.807) is 34.9 Å². The Morgan fingerprint density at radius 1 is 1.22 bits per heavy atom. The first-order chi connectivity index (χ1) is 15.6. The highest BCUT2D eigenvalue weighted by Gasteiger charge is 2.30. The van der Waals surface area contributed by atoms with Gasteiger partial charge < -0.3 is 4.57 Å². The highest BCUT2D eigenvalue weighted by Crippen LogP contribution is 2.40. The Hall–Kier alpha value is -2.49. The van der Waals surface area contributed by atoms with Crippen LogP contribution in [0.4, 0.5) is 10.8 Å². The molecule has 0 bridgehead atoms. The van der Waals surface area contributed by atoms with Crippen molar-refractivity contribution in [3.8, 4) is 0 Å². The van der Waals surface area contributed by atoms with E-state index >= 15 is 0 Å². The molecule has 0 saturated heterocycles. The molecular weight excluding hydrogens is 458 g/mol. The second-order valence-corrected chi connectivity index (χ2v) is 10.7. The molecule has 0 spiro atoms. The third kappa shape index (κ3) is 4.65. The number of nitrogens with zero attached hydrogens (tertiary/aromatic N) is 5. The highest BCUT2D eigenvalue weighted by molar-refractivity contribution is 7.98. The molecule has 5 rings (SSSR count). The van der Waals surface area contributed by atoms with Crippen molar-refractivity contribution < 1.29 is 4.79 Å². The topological polar surface area (TPSA) is 63.9 Å². The quantitative estimate of drug-likeness (QED) is 0.289. The zero-order valence-corrected chi connectivity index (χ0v) is 20.3. The van der Waals surface area contributed by atoms with Crippen LogP contribution in [-0.2, 0) is 17.0 Å². The van der Waals surface area contributed by atoms with E-state index in [1.165, 1.54) is 29.1 Å². The van der Waals surface area contributed by atoms with Crippen LogP contribution in [0.25, 0.3) is 0 Å². The van der Waals surface area contributed by atoms with E-state index in [4.69, 9.17) is 4.98 Å². The van der Waals surface area contributed by atoms with Crippen molar-refractivity contribution in [2.45, 2.75) is 50.1 Å². The van der Waals surface area contributed by atoms with Gasteiger partial charge in [-0.1, -0.05) is 30.0 Å². The fraction of sp³-hybridized carbons (Fsp3) is 0.304. The van der Waals surface area contributed by atoms with Crippen LogP contribution in [0.2, 0.25) is 0 Å². The fourth-order valence-corrected chi connectivity index (χ4v) is 6.20. The number of benzene rings is 1. The SMILES string of the molecule is CC(=O)N(c1cccc(C)c1)c1nc(CSc2nnc(Cc3cccs3)n2C2CC2)cs1. The molecule has 1 fully saturated rings. The summed E-state index contributed by atoms with van der Waals surface area (Å²) in [6.07, 6.45) is 3.20. The molecule has 0 unspecified atom stereocenters. The fourth-order valence-electron chi connectivity index (χ4n) is 3.59. The van der Waals surface area contributed by atoms with Gasteiger partial charge in [-0.2, -0.15) is 0 Å². The average Bonchev–Trinajstić information content (AvgIpc) is 3.14. The lowest BCUT2D eigenvalue weighted by atomic mass is 10.2. The minimum atomic E-state index is -0.0455. The molecule has 0 N–H and O–H groups in total. The smallest absolute Gasteiger partial charge is 0.230 e. The Balaban J connectivity index is 1.32. The van der Waals surface area contributed by atoms with Crippen LogP contribution in [0.5, 0.6) is 0 Å². The lowest BCUT2D eigenvalue weighted by molar-refractivity contribution is -0.115. The van der Waals surface area contributed by atoms with Crippen molar-refractivity contribution in [3.05, 3.63) is 69.1 Å². The van der Waals surface area contributed by atoms with Crippen LogP contribution in [0.1, 0.15) is 47.8 Å². The normalized spacial score (nSPS) is 13.4. The Labute approximate surface area is 199 Å². The summed E-state index contributed by atoms with van der Waals surface area (Å²) in [6, 6.07) is 12.7. The van der Waals surface area contributed by atoms with Gasteiger partial charge in [0.2, 0.25) is 5.91 Å². The van der Waals surface area contributed by atoms with Crippen LogP contribution in [0.3, 0.4) is 0 Å². The maximum absolute atomic E-state index is 12.4. The number of carbonyl (C=O) groups is 1. The van der Waals surface area contributed by atoms with Gasteiger partial charge in [0.25, 0.3) is 0 Å². The lowest BCUT2D eigenvalue weighted by Crippen LogP contribution is -2.22. The second kappa shape index (κ2) is 9.17. The molecule has 1 aliphatic rings. The van der Waals surface area contributed by atoms with Crippen LogP contribution in [0, 0.1) is 6.92 Å². The van der Waals surface area contributed by atoms with Gasteiger partial charge in [-0.25, -0.2) is 4.98 Å². The molecule has 1 aromatic carbocycles. The molecule has 0 atom stereocenters. The average molecular weight is 482 g/mol. The first-order valence-electron chi connectivity index (χ1n) is 10.5. The van der Waals surface area contributed by atoms with E-state index < -0.39 is 0 Å². The molecule has 32 heavy (non-hydrogen) atoms. The van der Waals surface area contributed by atoms with E-state index in [9.17, 15) is 4.79 Å². The minimum absolute atomic E-state index is 0.0455. The van der Waals surface area contributed by atoms with Crippen LogP contribution < -0.4 is 4.90 Å². The van der Waals surface area contributed by atoms with E-state index in [1.807, 2.05) is 36.6 Å². The standard InChI is InChI=1S/C23H23N5OS3/c1-15-5-3-6-19(11-15)27(16(2)29)22-24-17(13-31-22)14-32-23-26-25-21(28(23)18-8-9-18)12-20-7-4-10-30-20/h3-7,10-11,13,18H,8-9,12,14H2,1-2H3. The van der Waals surface area contributed by atoms with E-state index in [2.05, 4.69) is 32.3 Å². The molecule has 0 aliphatic heterocycles. The molecule has 3 aromatic heterocycles. The van der Waals surface area contributed by atoms with E-state index in [0.29, 0.717) is 16.9 Å². The summed E-state index contributed by atoms with van der Waals surface area (Å²) in [5, 5.41) is 14.8. The molecule has 1 aliphatic carbocycles. The van der Waals surface area contributed by atoms with Gasteiger partial charge in [-0.3, -0.25) is 9.69 Å². The Bertz CT molecular complexity index is 1230. The number of rotatable bonds is 8. The number of thioether (sulfide) groups is 1. The van der Waals surface area contributed by atoms with Crippen molar-refractivity contribution >= 4 is 51.2 Å². The van der Waals surface area contributed by atoms with Gasteiger partial charge in [0, 0.05) is 35.4 Å². The zero-order valence-electron chi connectivity index (χ0n) is 17.9. The van der Waals surface area contributed by atoms with E-state index in [0.717, 1.165) is 34.3 Å². The van der Waals surface area contributed by atoms with Crippen molar-refractivity contribution in [2.75, 3.05) is 4.90 Å². The van der Waals surface area contributed by atoms with Gasteiger partial charge in [-0.15, -0.1) is 32.9 Å². The number of amides is 1. The van der Waals surface area contributed by atoms with Gasteiger partial charge in [-0.05, 0) is 48.9 Å². The number of aromatic nitrogens is 4. The summed E-state index contributed by atoms with van der Waals surface area (Å²) in [5.41, 5.74) is 2.90. The Morgan fingerprint density at radius 3 is 2.81 bits per heavy atom. The monoisotopic (exact) mass is 481 g/mol. The van der Waals surface area contributed by atoms with Crippen LogP contribution in [0.15, 0.2) is 52.3 Å². The number of thiazole rings is 1. The molecule has 1 saturated carbocycles. The Kier molecular flexibility index (Phi) is 6.12. The third-order valence-corrected chi connectivity index (χ3v) is 7.94. The van der Waals surface area contributed by atoms with E-state index in [-0.39, 0.29) is 5.91 Å². The predicted molar refractivity (Wildman–Crippen MR) is 131 cm³/mol. The molecule has 6 nitrogen and oxygen atoms in total. The number of thiophene rings is 1. The summed E-state index contributed by atoms with van der Waals surface area (Å²) in [7, 11) is 0. The first-order valence-corrected chi connectivity index (χ1v) is 13.2. The number of hydrogen-bond acceptors (Lipinski definition) is 7. The van der Waals surface area contributed by atoms with Crippen molar-refractivity contribution in [1.29, 1.82) is 0 Å². The second-order valence-electron chi connectivity index (χ2n) is 7.86. The first kappa shape index (κ1) is 21.4. The van der Waals surface area contributed by atoms with Crippen molar-refractivity contribution in [3.63, 3.8) is 0 Å². The Morgan fingerprint density at radius 2 is 2.09 bits per heavy atom. The number of anilines is 2. The summed E-state index contributed by atoms with van der Waals surface area (Å²) >= 11 is 4.91. The molecule has 1 amide bonds. The number of aryl methyl sites for hydroxylation is 1. The van der Waals surface area contributed by atoms with Gasteiger partial charge in [0.15, 0.2) is 10.3 Å². The maximum Gasteiger partial charge on any atom is 0.230 e. The van der Waals surface area contributed by atoms with Gasteiger partial charge in [0.05, 0.1) is 11.4 Å². The lowest BCUT2D eigenvalue weighted by Gasteiger charge is -2.18. The van der Waals surface area contributed by atoms with Crippen LogP contribution >= 0.6 is 34.4 Å². The van der Waals surface area contributed by atoms with Crippen molar-refractivity contribution in [1.82, 2.24) is 19.7 Å². The summed E-state index contributed by atoms with van der Waals surface area (Å²) in [4.78, 5) is 20.1. The summed E-state index contributed by atoms with van der Waals surface area (Å²) in [5.74, 6) is 1.69. The molecule has 164 valence electrons. The minimum Gasteiger partial charge on any atom is -0.303 e. The number of carbonyl (C=O) groups excluding carboxylic acids is 1. The largest absolute Gasteiger partial charge is 0.303 e. The van der Waals surface area contributed by atoms with Gasteiger partial charge >= 0.3 is 0 Å². The predicted octanol–water partition coefficient (Wildman–Crippen LogP) is 6.01. The summed E-state index contributed by atoms with van der Waals surface area (Å²) in [6.45, 7) is 3.60. The zero-order chi connectivity index (χ0) is 22.1.